The van der Waals surface area contributed by atoms with Crippen LogP contribution in [0.25, 0.3) is 10.8 Å². The van der Waals surface area contributed by atoms with E-state index in [1.807, 2.05) is 78.9 Å². The van der Waals surface area contributed by atoms with Gasteiger partial charge in [-0.05, 0) is 64.2 Å². The molecule has 4 aromatic rings. The SMILES string of the molecule is CC(C)COc1cccc(COc2ccc3cc(C(=O)NC(Cc4ccccc4)C(=O)O)ccc3c2)c1. The van der Waals surface area contributed by atoms with E-state index < -0.39 is 17.9 Å². The van der Waals surface area contributed by atoms with Gasteiger partial charge in [0, 0.05) is 12.0 Å². The van der Waals surface area contributed by atoms with Gasteiger partial charge < -0.3 is 19.9 Å². The lowest BCUT2D eigenvalue weighted by atomic mass is 10.0. The van der Waals surface area contributed by atoms with Crippen molar-refractivity contribution >= 4 is 22.6 Å². The maximum absolute atomic E-state index is 12.8. The van der Waals surface area contributed by atoms with Crippen molar-refractivity contribution in [3.63, 3.8) is 0 Å². The molecule has 0 aliphatic rings. The molecule has 0 saturated carbocycles. The molecular weight excluding hydrogens is 466 g/mol. The molecule has 0 aliphatic heterocycles. The maximum Gasteiger partial charge on any atom is 0.326 e. The fourth-order valence-corrected chi connectivity index (χ4v) is 3.90. The molecule has 0 aromatic heterocycles. The van der Waals surface area contributed by atoms with Crippen molar-refractivity contribution in [2.75, 3.05) is 6.61 Å². The van der Waals surface area contributed by atoms with Crippen LogP contribution in [0.5, 0.6) is 11.5 Å². The van der Waals surface area contributed by atoms with Crippen LogP contribution < -0.4 is 14.8 Å². The van der Waals surface area contributed by atoms with Crippen LogP contribution in [0.3, 0.4) is 0 Å². The molecule has 0 aliphatic carbocycles. The molecule has 2 N–H and O–H groups in total. The Labute approximate surface area is 216 Å². The number of benzene rings is 4. The van der Waals surface area contributed by atoms with Gasteiger partial charge in [0.05, 0.1) is 6.61 Å². The fourth-order valence-electron chi connectivity index (χ4n) is 3.90. The Balaban J connectivity index is 1.40. The Morgan fingerprint density at radius 2 is 1.49 bits per heavy atom. The second kappa shape index (κ2) is 12.1. The van der Waals surface area contributed by atoms with Crippen molar-refractivity contribution in [3.8, 4) is 11.5 Å². The van der Waals surface area contributed by atoms with Crippen molar-refractivity contribution in [1.82, 2.24) is 5.32 Å². The minimum Gasteiger partial charge on any atom is -0.493 e. The van der Waals surface area contributed by atoms with Gasteiger partial charge in [-0.1, -0.05) is 68.4 Å². The van der Waals surface area contributed by atoms with Crippen LogP contribution in [0.4, 0.5) is 0 Å². The van der Waals surface area contributed by atoms with E-state index in [1.165, 1.54) is 0 Å². The molecule has 4 rings (SSSR count). The summed E-state index contributed by atoms with van der Waals surface area (Å²) in [5.41, 5.74) is 2.26. The highest BCUT2D eigenvalue weighted by molar-refractivity contribution is 6.00. The number of hydrogen-bond acceptors (Lipinski definition) is 4. The first-order valence-electron chi connectivity index (χ1n) is 12.3. The van der Waals surface area contributed by atoms with E-state index in [1.54, 1.807) is 12.1 Å². The number of fused-ring (bicyclic) bond motifs is 1. The van der Waals surface area contributed by atoms with Crippen molar-refractivity contribution < 1.29 is 24.2 Å². The summed E-state index contributed by atoms with van der Waals surface area (Å²) in [7, 11) is 0. The number of carboxylic acid groups (broad SMARTS) is 1. The Morgan fingerprint density at radius 1 is 0.784 bits per heavy atom. The summed E-state index contributed by atoms with van der Waals surface area (Å²) < 4.78 is 11.8. The Kier molecular flexibility index (Phi) is 8.41. The highest BCUT2D eigenvalue weighted by Crippen LogP contribution is 2.24. The molecule has 37 heavy (non-hydrogen) atoms. The summed E-state index contributed by atoms with van der Waals surface area (Å²) in [6, 6.07) is 27.1. The van der Waals surface area contributed by atoms with Gasteiger partial charge in [-0.2, -0.15) is 0 Å². The lowest BCUT2D eigenvalue weighted by Gasteiger charge is -2.15. The first-order chi connectivity index (χ1) is 17.9. The third-order valence-electron chi connectivity index (χ3n) is 5.85. The average molecular weight is 498 g/mol. The van der Waals surface area contributed by atoms with E-state index in [4.69, 9.17) is 9.47 Å². The number of ether oxygens (including phenoxy) is 2. The van der Waals surface area contributed by atoms with E-state index in [0.29, 0.717) is 30.4 Å². The molecular formula is C31H31NO5. The standard InChI is InChI=1S/C31H31NO5/c1-21(2)19-36-27-10-6-9-23(15-27)20-37-28-14-13-24-17-26(12-11-25(24)18-28)30(33)32-29(31(34)35)16-22-7-4-3-5-8-22/h3-15,17-18,21,29H,16,19-20H2,1-2H3,(H,32,33)(H,34,35). The normalized spacial score (nSPS) is 11.8. The number of rotatable bonds is 11. The number of nitrogens with one attached hydrogen (secondary N) is 1. The summed E-state index contributed by atoms with van der Waals surface area (Å²) >= 11 is 0. The minimum atomic E-state index is -1.07. The largest absolute Gasteiger partial charge is 0.493 e. The van der Waals surface area contributed by atoms with Crippen LogP contribution in [-0.2, 0) is 17.8 Å². The van der Waals surface area contributed by atoms with Crippen LogP contribution in [-0.4, -0.2) is 29.6 Å². The van der Waals surface area contributed by atoms with Crippen LogP contribution >= 0.6 is 0 Å². The Morgan fingerprint density at radius 3 is 2.24 bits per heavy atom. The van der Waals surface area contributed by atoms with Gasteiger partial charge in [0.2, 0.25) is 0 Å². The van der Waals surface area contributed by atoms with Crippen molar-refractivity contribution in [2.45, 2.75) is 32.9 Å². The van der Waals surface area contributed by atoms with Gasteiger partial charge in [-0.3, -0.25) is 4.79 Å². The summed E-state index contributed by atoms with van der Waals surface area (Å²) in [6.45, 7) is 5.30. The third kappa shape index (κ3) is 7.34. The molecule has 1 atom stereocenters. The predicted molar refractivity (Wildman–Crippen MR) is 144 cm³/mol. The van der Waals surface area contributed by atoms with Crippen molar-refractivity contribution in [2.24, 2.45) is 5.92 Å². The second-order valence-electron chi connectivity index (χ2n) is 9.42. The minimum absolute atomic E-state index is 0.211. The lowest BCUT2D eigenvalue weighted by Crippen LogP contribution is -2.42. The first kappa shape index (κ1) is 25.8. The van der Waals surface area contributed by atoms with Gasteiger partial charge in [-0.15, -0.1) is 0 Å². The lowest BCUT2D eigenvalue weighted by molar-refractivity contribution is -0.139. The Bertz CT molecular complexity index is 1370. The molecule has 0 fully saturated rings. The first-order valence-corrected chi connectivity index (χ1v) is 12.3. The number of amides is 1. The fraction of sp³-hybridized carbons (Fsp3) is 0.226. The summed E-state index contributed by atoms with van der Waals surface area (Å²) in [4.78, 5) is 24.5. The molecule has 6 nitrogen and oxygen atoms in total. The van der Waals surface area contributed by atoms with Crippen LogP contribution in [0, 0.1) is 5.92 Å². The van der Waals surface area contributed by atoms with Crippen LogP contribution in [0.1, 0.15) is 35.3 Å². The van der Waals surface area contributed by atoms with E-state index in [0.717, 1.165) is 27.6 Å². The molecule has 4 aromatic carbocycles. The number of carbonyl (C=O) groups is 2. The molecule has 1 amide bonds. The molecule has 0 spiro atoms. The topological polar surface area (TPSA) is 84.9 Å². The summed E-state index contributed by atoms with van der Waals surface area (Å²) in [5, 5.41) is 14.0. The van der Waals surface area contributed by atoms with Gasteiger partial charge in [-0.25, -0.2) is 4.79 Å². The van der Waals surface area contributed by atoms with Gasteiger partial charge in [0.1, 0.15) is 24.1 Å². The zero-order valence-electron chi connectivity index (χ0n) is 21.0. The van der Waals surface area contributed by atoms with Crippen LogP contribution in [0.15, 0.2) is 91.0 Å². The van der Waals surface area contributed by atoms with Gasteiger partial charge in [0.25, 0.3) is 5.91 Å². The number of aliphatic carboxylic acids is 1. The maximum atomic E-state index is 12.8. The second-order valence-corrected chi connectivity index (χ2v) is 9.42. The zero-order chi connectivity index (χ0) is 26.2. The van der Waals surface area contributed by atoms with E-state index in [-0.39, 0.29) is 6.42 Å². The number of carbonyl (C=O) groups excluding carboxylic acids is 1. The molecule has 0 heterocycles. The van der Waals surface area contributed by atoms with E-state index >= 15 is 0 Å². The molecule has 6 heteroatoms. The summed E-state index contributed by atoms with van der Waals surface area (Å²) in [5.74, 6) is 0.499. The third-order valence-corrected chi connectivity index (χ3v) is 5.85. The average Bonchev–Trinajstić information content (AvgIpc) is 2.90. The monoisotopic (exact) mass is 497 g/mol. The number of carboxylic acids is 1. The molecule has 0 radical (unpaired) electrons. The molecule has 0 bridgehead atoms. The van der Waals surface area contributed by atoms with Gasteiger partial charge in [0.15, 0.2) is 0 Å². The van der Waals surface area contributed by atoms with Crippen molar-refractivity contribution in [3.05, 3.63) is 108 Å². The van der Waals surface area contributed by atoms with Crippen molar-refractivity contribution in [1.29, 1.82) is 0 Å². The number of hydrogen-bond donors (Lipinski definition) is 2. The zero-order valence-corrected chi connectivity index (χ0v) is 21.0. The molecule has 0 saturated heterocycles. The Hall–Kier alpha value is -4.32. The quantitative estimate of drug-likeness (QED) is 0.270. The highest BCUT2D eigenvalue weighted by Gasteiger charge is 2.21. The molecule has 190 valence electrons. The summed E-state index contributed by atoms with van der Waals surface area (Å²) in [6.07, 6.45) is 0.211. The van der Waals surface area contributed by atoms with Crippen LogP contribution in [0.2, 0.25) is 0 Å². The van der Waals surface area contributed by atoms with E-state index in [2.05, 4.69) is 19.2 Å². The van der Waals surface area contributed by atoms with E-state index in [9.17, 15) is 14.7 Å². The predicted octanol–water partition coefficient (Wildman–Crippen LogP) is 5.88. The van der Waals surface area contributed by atoms with Gasteiger partial charge >= 0.3 is 5.97 Å². The molecule has 1 unspecified atom stereocenters. The highest BCUT2D eigenvalue weighted by atomic mass is 16.5. The smallest absolute Gasteiger partial charge is 0.326 e.